The minimum atomic E-state index is -0.238. The van der Waals surface area contributed by atoms with Gasteiger partial charge in [0.05, 0.1) is 19.4 Å². The van der Waals surface area contributed by atoms with E-state index in [4.69, 9.17) is 9.47 Å². The molecule has 27 heavy (non-hydrogen) atoms. The Morgan fingerprint density at radius 2 is 1.74 bits per heavy atom. The number of anilines is 2. The minimum Gasteiger partial charge on any atom is -0.494 e. The van der Waals surface area contributed by atoms with Gasteiger partial charge in [-0.25, -0.2) is 0 Å². The maximum atomic E-state index is 12.4. The molecule has 2 aromatic carbocycles. The first-order chi connectivity index (χ1) is 12.9. The van der Waals surface area contributed by atoms with Crippen molar-refractivity contribution in [2.24, 2.45) is 5.92 Å². The number of methoxy groups -OCH3 is 1. The van der Waals surface area contributed by atoms with Crippen LogP contribution in [0.25, 0.3) is 0 Å². The van der Waals surface area contributed by atoms with E-state index in [2.05, 4.69) is 10.6 Å². The van der Waals surface area contributed by atoms with Gasteiger partial charge in [0.2, 0.25) is 5.91 Å². The van der Waals surface area contributed by atoms with Gasteiger partial charge in [0.1, 0.15) is 11.5 Å². The fraction of sp³-hybridized carbons (Fsp3) is 0.333. The molecule has 6 nitrogen and oxygen atoms in total. The van der Waals surface area contributed by atoms with Crippen LogP contribution in [0, 0.1) is 5.92 Å². The van der Waals surface area contributed by atoms with Gasteiger partial charge in [0, 0.05) is 23.2 Å². The third-order valence-electron chi connectivity index (χ3n) is 3.83. The standard InChI is InChI=1S/C21H26N2O4/c1-5-12-27-17-9-6-15(7-10-17)21(25)22-16-8-11-18(19(13-16)26-4)23-20(24)14(2)3/h6-11,13-14H,5,12H2,1-4H3,(H,22,25)(H,23,24). The molecule has 0 fully saturated rings. The highest BCUT2D eigenvalue weighted by Gasteiger charge is 2.13. The molecule has 144 valence electrons. The van der Waals surface area contributed by atoms with Gasteiger partial charge < -0.3 is 20.1 Å². The Kier molecular flexibility index (Phi) is 7.23. The SMILES string of the molecule is CCCOc1ccc(C(=O)Nc2ccc(NC(=O)C(C)C)c(OC)c2)cc1. The van der Waals surface area contributed by atoms with Crippen LogP contribution < -0.4 is 20.1 Å². The second-order valence-electron chi connectivity index (χ2n) is 6.39. The molecule has 0 unspecified atom stereocenters. The van der Waals surface area contributed by atoms with Gasteiger partial charge in [-0.2, -0.15) is 0 Å². The molecule has 0 aliphatic carbocycles. The third kappa shape index (κ3) is 5.74. The van der Waals surface area contributed by atoms with Gasteiger partial charge in [-0.1, -0.05) is 20.8 Å². The average Bonchev–Trinajstić information content (AvgIpc) is 2.67. The van der Waals surface area contributed by atoms with Gasteiger partial charge in [0.15, 0.2) is 0 Å². The molecule has 2 N–H and O–H groups in total. The second-order valence-corrected chi connectivity index (χ2v) is 6.39. The Balaban J connectivity index is 2.07. The Labute approximate surface area is 159 Å². The van der Waals surface area contributed by atoms with E-state index in [1.807, 2.05) is 20.8 Å². The average molecular weight is 370 g/mol. The summed E-state index contributed by atoms with van der Waals surface area (Å²) in [4.78, 5) is 24.3. The van der Waals surface area contributed by atoms with Gasteiger partial charge in [-0.3, -0.25) is 9.59 Å². The van der Waals surface area contributed by atoms with E-state index >= 15 is 0 Å². The monoisotopic (exact) mass is 370 g/mol. The van der Waals surface area contributed by atoms with Crippen molar-refractivity contribution >= 4 is 23.2 Å². The predicted octanol–water partition coefficient (Wildman–Crippen LogP) is 4.33. The molecule has 6 heteroatoms. The van der Waals surface area contributed by atoms with Crippen LogP contribution in [-0.2, 0) is 4.79 Å². The predicted molar refractivity (Wildman–Crippen MR) is 107 cm³/mol. The zero-order chi connectivity index (χ0) is 19.8. The lowest BCUT2D eigenvalue weighted by Gasteiger charge is -2.14. The van der Waals surface area contributed by atoms with Crippen molar-refractivity contribution in [3.05, 3.63) is 48.0 Å². The summed E-state index contributed by atoms with van der Waals surface area (Å²) in [5.74, 6) is 0.734. The van der Waals surface area contributed by atoms with Crippen LogP contribution in [-0.4, -0.2) is 25.5 Å². The van der Waals surface area contributed by atoms with Crippen molar-refractivity contribution in [1.29, 1.82) is 0 Å². The quantitative estimate of drug-likeness (QED) is 0.725. The minimum absolute atomic E-state index is 0.101. The summed E-state index contributed by atoms with van der Waals surface area (Å²) in [7, 11) is 1.51. The first-order valence-corrected chi connectivity index (χ1v) is 8.97. The molecule has 0 aromatic heterocycles. The summed E-state index contributed by atoms with van der Waals surface area (Å²) in [6.07, 6.45) is 0.928. The van der Waals surface area contributed by atoms with E-state index in [9.17, 15) is 9.59 Å². The number of carbonyl (C=O) groups is 2. The zero-order valence-corrected chi connectivity index (χ0v) is 16.2. The number of hydrogen-bond acceptors (Lipinski definition) is 4. The molecule has 0 bridgehead atoms. The van der Waals surface area contributed by atoms with Crippen LogP contribution in [0.3, 0.4) is 0 Å². The van der Waals surface area contributed by atoms with Gasteiger partial charge in [-0.05, 0) is 42.8 Å². The molecule has 0 aliphatic heterocycles. The summed E-state index contributed by atoms with van der Waals surface area (Å²) in [5.41, 5.74) is 1.66. The highest BCUT2D eigenvalue weighted by Crippen LogP contribution is 2.28. The number of ether oxygens (including phenoxy) is 2. The Bertz CT molecular complexity index is 785. The molecule has 2 amide bonds. The van der Waals surface area contributed by atoms with Crippen molar-refractivity contribution in [2.45, 2.75) is 27.2 Å². The smallest absolute Gasteiger partial charge is 0.255 e. The van der Waals surface area contributed by atoms with Crippen LogP contribution in [0.5, 0.6) is 11.5 Å². The summed E-state index contributed by atoms with van der Waals surface area (Å²) in [6.45, 7) is 6.31. The van der Waals surface area contributed by atoms with E-state index in [0.29, 0.717) is 29.3 Å². The topological polar surface area (TPSA) is 76.7 Å². The second kappa shape index (κ2) is 9.62. The van der Waals surface area contributed by atoms with Crippen LogP contribution in [0.15, 0.2) is 42.5 Å². The van der Waals surface area contributed by atoms with Crippen LogP contribution in [0.4, 0.5) is 11.4 Å². The van der Waals surface area contributed by atoms with Gasteiger partial charge in [0.25, 0.3) is 5.91 Å². The van der Waals surface area contributed by atoms with E-state index in [0.717, 1.165) is 12.2 Å². The lowest BCUT2D eigenvalue weighted by atomic mass is 10.1. The number of carbonyl (C=O) groups excluding carboxylic acids is 2. The summed E-state index contributed by atoms with van der Waals surface area (Å²) in [6, 6.07) is 12.1. The molecule has 0 saturated carbocycles. The number of nitrogens with one attached hydrogen (secondary N) is 2. The van der Waals surface area contributed by atoms with Gasteiger partial charge in [-0.15, -0.1) is 0 Å². The Hall–Kier alpha value is -3.02. The summed E-state index contributed by atoms with van der Waals surface area (Å²) < 4.78 is 10.8. The number of benzene rings is 2. The summed E-state index contributed by atoms with van der Waals surface area (Å²) in [5, 5.41) is 5.63. The molecule has 2 rings (SSSR count). The van der Waals surface area contributed by atoms with Crippen LogP contribution >= 0.6 is 0 Å². The lowest BCUT2D eigenvalue weighted by Crippen LogP contribution is -2.18. The van der Waals surface area contributed by atoms with Gasteiger partial charge >= 0.3 is 0 Å². The van der Waals surface area contributed by atoms with Crippen LogP contribution in [0.2, 0.25) is 0 Å². The normalized spacial score (nSPS) is 10.4. The van der Waals surface area contributed by atoms with E-state index < -0.39 is 0 Å². The van der Waals surface area contributed by atoms with E-state index in [-0.39, 0.29) is 17.7 Å². The van der Waals surface area contributed by atoms with Crippen LogP contribution in [0.1, 0.15) is 37.6 Å². The third-order valence-corrected chi connectivity index (χ3v) is 3.83. The fourth-order valence-corrected chi connectivity index (χ4v) is 2.28. The Morgan fingerprint density at radius 1 is 1.04 bits per heavy atom. The van der Waals surface area contributed by atoms with Crippen molar-refractivity contribution in [3.63, 3.8) is 0 Å². The molecular formula is C21H26N2O4. The summed E-state index contributed by atoms with van der Waals surface area (Å²) >= 11 is 0. The van der Waals surface area contributed by atoms with E-state index in [1.54, 1.807) is 42.5 Å². The maximum Gasteiger partial charge on any atom is 0.255 e. The van der Waals surface area contributed by atoms with Crippen molar-refractivity contribution in [1.82, 2.24) is 0 Å². The molecule has 0 spiro atoms. The number of hydrogen-bond donors (Lipinski definition) is 2. The molecule has 0 radical (unpaired) electrons. The highest BCUT2D eigenvalue weighted by atomic mass is 16.5. The fourth-order valence-electron chi connectivity index (χ4n) is 2.28. The number of rotatable bonds is 8. The van der Waals surface area contributed by atoms with E-state index in [1.165, 1.54) is 7.11 Å². The largest absolute Gasteiger partial charge is 0.494 e. The maximum absolute atomic E-state index is 12.4. The number of amides is 2. The Morgan fingerprint density at radius 3 is 2.33 bits per heavy atom. The molecule has 0 saturated heterocycles. The molecular weight excluding hydrogens is 344 g/mol. The zero-order valence-electron chi connectivity index (χ0n) is 16.2. The highest BCUT2D eigenvalue weighted by molar-refractivity contribution is 6.04. The first kappa shape index (κ1) is 20.3. The first-order valence-electron chi connectivity index (χ1n) is 8.97. The molecule has 0 atom stereocenters. The molecule has 0 heterocycles. The molecule has 0 aliphatic rings. The molecule has 2 aromatic rings. The van der Waals surface area contributed by atoms with Crippen molar-refractivity contribution in [2.75, 3.05) is 24.4 Å². The van der Waals surface area contributed by atoms with Crippen molar-refractivity contribution in [3.8, 4) is 11.5 Å². The lowest BCUT2D eigenvalue weighted by molar-refractivity contribution is -0.118. The van der Waals surface area contributed by atoms with Crippen molar-refractivity contribution < 1.29 is 19.1 Å².